The fraction of sp³-hybridized carbons (Fsp3) is 0.182. The minimum Gasteiger partial charge on any atom is -0.0620 e. The molecule has 0 saturated carbocycles. The minimum absolute atomic E-state index is 0. The van der Waals surface area contributed by atoms with Crippen LogP contribution in [0.5, 0.6) is 0 Å². The van der Waals surface area contributed by atoms with Crippen molar-refractivity contribution in [1.29, 1.82) is 0 Å². The molecule has 0 spiro atoms. The molecule has 1 aromatic carbocycles. The summed E-state index contributed by atoms with van der Waals surface area (Å²) >= 11 is 0. The second-order valence-electron chi connectivity index (χ2n) is 2.27. The molecule has 0 aliphatic heterocycles. The third kappa shape index (κ3) is 6.97. The normalized spacial score (nSPS) is 8.13. The largest absolute Gasteiger partial charge is 0.0620 e. The van der Waals surface area contributed by atoms with Crippen LogP contribution in [0.25, 0.3) is 0 Å². The van der Waals surface area contributed by atoms with Gasteiger partial charge in [0.05, 0.1) is 0 Å². The Balaban J connectivity index is -0.000000182. The maximum Gasteiger partial charge on any atom is 0 e. The second kappa shape index (κ2) is 15.4. The van der Waals surface area contributed by atoms with Crippen LogP contribution >= 0.6 is 0 Å². The zero-order valence-electron chi connectivity index (χ0n) is 7.86. The van der Waals surface area contributed by atoms with Crippen LogP contribution in [0, 0.1) is 20.0 Å². The standard InChI is InChI=1S/C8H8.3CO.Cr/c1-2-4-8-6-5-7(8)3-1;3*1-2;/h1-4H,5-6H2;;;;. The third-order valence-electron chi connectivity index (χ3n) is 1.78. The van der Waals surface area contributed by atoms with E-state index in [0.29, 0.717) is 0 Å². The van der Waals surface area contributed by atoms with Crippen LogP contribution in [0.15, 0.2) is 24.3 Å². The molecule has 1 aliphatic rings. The number of hydrogen-bond donors (Lipinski definition) is 0. The van der Waals surface area contributed by atoms with E-state index in [1.807, 2.05) is 0 Å². The first-order valence-corrected chi connectivity index (χ1v) is 3.65. The molecule has 1 aromatic rings. The molecular weight excluding hydrogens is 232 g/mol. The molecule has 0 N–H and O–H groups in total. The Morgan fingerprint density at radius 3 is 1.13 bits per heavy atom. The van der Waals surface area contributed by atoms with Crippen molar-refractivity contribution >= 4 is 0 Å². The zero-order valence-corrected chi connectivity index (χ0v) is 9.13. The van der Waals surface area contributed by atoms with Gasteiger partial charge in [0, 0.05) is 17.4 Å². The SMILES string of the molecule is [C-]#[O+].[C-]#[O+].[C-]#[O+].[Cr].c1ccc2c(c1)CC2. The van der Waals surface area contributed by atoms with Gasteiger partial charge < -0.3 is 0 Å². The molecule has 0 atom stereocenters. The molecule has 2 rings (SSSR count). The maximum atomic E-state index is 7.50. The molecule has 3 nitrogen and oxygen atoms in total. The Morgan fingerprint density at radius 2 is 1.00 bits per heavy atom. The summed E-state index contributed by atoms with van der Waals surface area (Å²) in [5.74, 6) is 0. The van der Waals surface area contributed by atoms with Crippen LogP contribution in [0.4, 0.5) is 0 Å². The molecule has 0 unspecified atom stereocenters. The number of rotatable bonds is 0. The van der Waals surface area contributed by atoms with Crippen LogP contribution in [0.2, 0.25) is 0 Å². The van der Waals surface area contributed by atoms with Crippen molar-refractivity contribution in [3.63, 3.8) is 0 Å². The summed E-state index contributed by atoms with van der Waals surface area (Å²) in [7, 11) is 0. The van der Waals surface area contributed by atoms with Crippen molar-refractivity contribution in [2.24, 2.45) is 0 Å². The molecule has 1 aliphatic carbocycles. The molecular formula is C11H8CrO3. The number of hydrogen-bond acceptors (Lipinski definition) is 0. The molecule has 0 fully saturated rings. The average Bonchev–Trinajstić information content (AvgIpc) is 2.29. The smallest absolute Gasteiger partial charge is 0 e. The van der Waals surface area contributed by atoms with Crippen molar-refractivity contribution in [3.8, 4) is 0 Å². The van der Waals surface area contributed by atoms with Crippen LogP contribution < -0.4 is 0 Å². The van der Waals surface area contributed by atoms with E-state index in [2.05, 4.69) is 44.2 Å². The summed E-state index contributed by atoms with van der Waals surface area (Å²) in [4.78, 5) is 0. The molecule has 0 bridgehead atoms. The van der Waals surface area contributed by atoms with Crippen LogP contribution in [-0.4, -0.2) is 0 Å². The fourth-order valence-corrected chi connectivity index (χ4v) is 1.14. The molecule has 15 heavy (non-hydrogen) atoms. The van der Waals surface area contributed by atoms with E-state index in [4.69, 9.17) is 14.0 Å². The zero-order chi connectivity index (χ0) is 11.4. The predicted molar refractivity (Wildman–Crippen MR) is 45.6 cm³/mol. The van der Waals surface area contributed by atoms with E-state index >= 15 is 0 Å². The van der Waals surface area contributed by atoms with Gasteiger partial charge in [-0.2, -0.15) is 0 Å². The Labute approximate surface area is 99.8 Å². The summed E-state index contributed by atoms with van der Waals surface area (Å²) in [5.41, 5.74) is 3.10. The van der Waals surface area contributed by atoms with Crippen LogP contribution in [0.3, 0.4) is 0 Å². The van der Waals surface area contributed by atoms with E-state index in [1.165, 1.54) is 12.8 Å². The second-order valence-corrected chi connectivity index (χ2v) is 2.27. The minimum atomic E-state index is 0. The van der Waals surface area contributed by atoms with Crippen molar-refractivity contribution in [3.05, 3.63) is 55.3 Å². The van der Waals surface area contributed by atoms with Gasteiger partial charge >= 0.3 is 33.9 Å². The van der Waals surface area contributed by atoms with Crippen LogP contribution in [-0.2, 0) is 44.2 Å². The quantitative estimate of drug-likeness (QED) is 0.489. The van der Waals surface area contributed by atoms with Gasteiger partial charge in [0.25, 0.3) is 0 Å². The molecule has 4 heteroatoms. The summed E-state index contributed by atoms with van der Waals surface area (Å²) in [6.07, 6.45) is 2.60. The Hall–Kier alpha value is -1.03. The average molecular weight is 240 g/mol. The van der Waals surface area contributed by atoms with Crippen molar-refractivity contribution in [2.75, 3.05) is 0 Å². The fourth-order valence-electron chi connectivity index (χ4n) is 1.14. The topological polar surface area (TPSA) is 59.7 Å². The molecule has 0 saturated heterocycles. The first-order valence-electron chi connectivity index (χ1n) is 3.65. The first-order chi connectivity index (χ1) is 6.97. The summed E-state index contributed by atoms with van der Waals surface area (Å²) in [6.45, 7) is 13.5. The first kappa shape index (κ1) is 19.5. The van der Waals surface area contributed by atoms with Gasteiger partial charge in [-0.3, -0.25) is 0 Å². The van der Waals surface area contributed by atoms with E-state index in [1.54, 1.807) is 11.1 Å². The summed E-state index contributed by atoms with van der Waals surface area (Å²) < 4.78 is 22.5. The number of aryl methyl sites for hydroxylation is 2. The third-order valence-corrected chi connectivity index (χ3v) is 1.78. The van der Waals surface area contributed by atoms with E-state index in [-0.39, 0.29) is 17.4 Å². The van der Waals surface area contributed by atoms with Crippen molar-refractivity contribution in [1.82, 2.24) is 0 Å². The summed E-state index contributed by atoms with van der Waals surface area (Å²) in [5, 5.41) is 0. The van der Waals surface area contributed by atoms with Gasteiger partial charge in [-0.15, -0.1) is 0 Å². The van der Waals surface area contributed by atoms with Gasteiger partial charge in [-0.05, 0) is 24.0 Å². The van der Waals surface area contributed by atoms with E-state index < -0.39 is 0 Å². The Bertz CT molecular complexity index is 278. The van der Waals surface area contributed by atoms with Gasteiger partial charge in [0.15, 0.2) is 0 Å². The monoisotopic (exact) mass is 240 g/mol. The van der Waals surface area contributed by atoms with Crippen molar-refractivity contribution < 1.29 is 31.3 Å². The summed E-state index contributed by atoms with van der Waals surface area (Å²) in [6, 6.07) is 8.63. The Kier molecular flexibility index (Phi) is 20.1. The number of benzene rings is 1. The maximum absolute atomic E-state index is 7.50. The molecule has 76 valence electrons. The van der Waals surface area contributed by atoms with Crippen molar-refractivity contribution in [2.45, 2.75) is 12.8 Å². The molecule has 0 aromatic heterocycles. The van der Waals surface area contributed by atoms with Gasteiger partial charge in [0.1, 0.15) is 0 Å². The Morgan fingerprint density at radius 1 is 0.733 bits per heavy atom. The van der Waals surface area contributed by atoms with Gasteiger partial charge in [-0.1, -0.05) is 24.3 Å². The molecule has 0 heterocycles. The predicted octanol–water partition coefficient (Wildman–Crippen LogP) is 1.67. The van der Waals surface area contributed by atoms with Gasteiger partial charge in [0.2, 0.25) is 0 Å². The molecule has 0 radical (unpaired) electrons. The van der Waals surface area contributed by atoms with E-state index in [9.17, 15) is 0 Å². The van der Waals surface area contributed by atoms with E-state index in [0.717, 1.165) is 0 Å². The number of fused-ring (bicyclic) bond motifs is 1. The molecule has 0 amide bonds. The van der Waals surface area contributed by atoms with Crippen LogP contribution in [0.1, 0.15) is 11.1 Å². The van der Waals surface area contributed by atoms with Gasteiger partial charge in [-0.25, -0.2) is 0 Å².